The van der Waals surface area contributed by atoms with Gasteiger partial charge in [-0.25, -0.2) is 4.39 Å². The minimum absolute atomic E-state index is 0.205. The quantitative estimate of drug-likeness (QED) is 0.631. The Morgan fingerprint density at radius 3 is 2.42 bits per heavy atom. The number of anilines is 1. The van der Waals surface area contributed by atoms with Gasteiger partial charge in [-0.15, -0.1) is 0 Å². The lowest BCUT2D eigenvalue weighted by Crippen LogP contribution is -2.18. The van der Waals surface area contributed by atoms with E-state index in [9.17, 15) is 14.5 Å². The monoisotopic (exact) mass is 264 g/mol. The van der Waals surface area contributed by atoms with Crippen molar-refractivity contribution in [2.75, 3.05) is 11.9 Å². The third-order valence-electron chi connectivity index (χ3n) is 4.15. The van der Waals surface area contributed by atoms with Crippen LogP contribution in [-0.2, 0) is 0 Å². The van der Waals surface area contributed by atoms with Crippen molar-refractivity contribution >= 4 is 11.4 Å². The molecule has 19 heavy (non-hydrogen) atoms. The highest BCUT2D eigenvalue weighted by atomic mass is 19.1. The van der Waals surface area contributed by atoms with Gasteiger partial charge in [-0.3, -0.25) is 10.1 Å². The predicted molar refractivity (Wildman–Crippen MR) is 70.5 cm³/mol. The van der Waals surface area contributed by atoms with Crippen molar-refractivity contribution < 1.29 is 9.31 Å². The molecular weight excluding hydrogens is 247 g/mol. The molecule has 0 atom stereocenters. The molecule has 5 heteroatoms. The van der Waals surface area contributed by atoms with Crippen LogP contribution < -0.4 is 5.32 Å². The molecule has 2 saturated carbocycles. The van der Waals surface area contributed by atoms with Gasteiger partial charge in [0, 0.05) is 12.6 Å². The van der Waals surface area contributed by atoms with Gasteiger partial charge in [0.15, 0.2) is 5.82 Å². The minimum Gasteiger partial charge on any atom is -0.382 e. The summed E-state index contributed by atoms with van der Waals surface area (Å²) in [7, 11) is 0. The Morgan fingerprint density at radius 2 is 1.95 bits per heavy atom. The van der Waals surface area contributed by atoms with E-state index in [1.54, 1.807) is 0 Å². The molecule has 1 N–H and O–H groups in total. The van der Waals surface area contributed by atoms with Gasteiger partial charge in [0.25, 0.3) is 5.69 Å². The van der Waals surface area contributed by atoms with E-state index in [-0.39, 0.29) is 5.69 Å². The predicted octanol–water partition coefficient (Wildman–Crippen LogP) is 3.58. The third-order valence-corrected chi connectivity index (χ3v) is 4.15. The van der Waals surface area contributed by atoms with E-state index in [2.05, 4.69) is 5.32 Å². The molecule has 0 saturated heterocycles. The highest BCUT2D eigenvalue weighted by Crippen LogP contribution is 2.49. The Labute approximate surface area is 111 Å². The Bertz CT molecular complexity index is 486. The number of non-ortho nitro benzene ring substituents is 1. The van der Waals surface area contributed by atoms with Crippen LogP contribution in [0.1, 0.15) is 25.7 Å². The summed E-state index contributed by atoms with van der Waals surface area (Å²) >= 11 is 0. The molecule has 3 rings (SSSR count). The maximum absolute atomic E-state index is 13.7. The van der Waals surface area contributed by atoms with E-state index in [0.29, 0.717) is 11.6 Å². The third kappa shape index (κ3) is 2.85. The highest BCUT2D eigenvalue weighted by Gasteiger charge is 2.41. The second-order valence-electron chi connectivity index (χ2n) is 5.64. The summed E-state index contributed by atoms with van der Waals surface area (Å²) in [6.45, 7) is 0.782. The number of nitrogens with one attached hydrogen (secondary N) is 1. The molecule has 1 aromatic rings. The molecule has 0 bridgehead atoms. The number of benzene rings is 1. The summed E-state index contributed by atoms with van der Waals surface area (Å²) in [5, 5.41) is 13.7. The van der Waals surface area contributed by atoms with E-state index in [1.165, 1.54) is 37.8 Å². The van der Waals surface area contributed by atoms with Gasteiger partial charge in [0.2, 0.25) is 0 Å². The summed E-state index contributed by atoms with van der Waals surface area (Å²) in [5.41, 5.74) is 0.167. The molecule has 4 nitrogen and oxygen atoms in total. The lowest BCUT2D eigenvalue weighted by molar-refractivity contribution is -0.385. The maximum Gasteiger partial charge on any atom is 0.272 e. The largest absolute Gasteiger partial charge is 0.382 e. The summed E-state index contributed by atoms with van der Waals surface area (Å²) in [6.07, 6.45) is 5.19. The zero-order chi connectivity index (χ0) is 13.4. The fourth-order valence-corrected chi connectivity index (χ4v) is 2.76. The fourth-order valence-electron chi connectivity index (χ4n) is 2.76. The first-order valence-electron chi connectivity index (χ1n) is 6.83. The van der Waals surface area contributed by atoms with Gasteiger partial charge in [-0.1, -0.05) is 0 Å². The second kappa shape index (κ2) is 4.79. The molecule has 0 amide bonds. The van der Waals surface area contributed by atoms with Crippen molar-refractivity contribution in [2.24, 2.45) is 17.8 Å². The van der Waals surface area contributed by atoms with Crippen molar-refractivity contribution in [3.63, 3.8) is 0 Å². The standard InChI is InChI=1S/C14H17FN2O2/c15-13-7-11(17(18)19)5-6-14(13)16-8-12(9-1-2-9)10-3-4-10/h5-7,9-10,12,16H,1-4,8H2. The molecule has 0 heterocycles. The van der Waals surface area contributed by atoms with Crippen molar-refractivity contribution in [3.8, 4) is 0 Å². The first kappa shape index (κ1) is 12.4. The average Bonchev–Trinajstić information content (AvgIpc) is 3.25. The van der Waals surface area contributed by atoms with Crippen LogP contribution in [0.25, 0.3) is 0 Å². The number of halogens is 1. The zero-order valence-electron chi connectivity index (χ0n) is 10.6. The molecule has 102 valence electrons. The topological polar surface area (TPSA) is 55.2 Å². The maximum atomic E-state index is 13.7. The van der Waals surface area contributed by atoms with Crippen molar-refractivity contribution in [1.29, 1.82) is 0 Å². The number of hydrogen-bond donors (Lipinski definition) is 1. The number of hydrogen-bond acceptors (Lipinski definition) is 3. The van der Waals surface area contributed by atoms with Crippen LogP contribution in [0.3, 0.4) is 0 Å². The van der Waals surface area contributed by atoms with E-state index >= 15 is 0 Å². The smallest absolute Gasteiger partial charge is 0.272 e. The molecule has 0 aromatic heterocycles. The first-order valence-corrected chi connectivity index (χ1v) is 6.83. The molecule has 1 aromatic carbocycles. The minimum atomic E-state index is -0.579. The summed E-state index contributed by atoms with van der Waals surface area (Å²) < 4.78 is 13.7. The number of rotatable bonds is 6. The number of nitrogens with zero attached hydrogens (tertiary/aromatic N) is 1. The average molecular weight is 264 g/mol. The SMILES string of the molecule is O=[N+]([O-])c1ccc(NCC(C2CC2)C2CC2)c(F)c1. The van der Waals surface area contributed by atoms with Crippen LogP contribution in [0.2, 0.25) is 0 Å². The highest BCUT2D eigenvalue weighted by molar-refractivity contribution is 5.50. The van der Waals surface area contributed by atoms with E-state index < -0.39 is 10.7 Å². The van der Waals surface area contributed by atoms with E-state index in [4.69, 9.17) is 0 Å². The molecule has 0 spiro atoms. The van der Waals surface area contributed by atoms with Crippen LogP contribution >= 0.6 is 0 Å². The van der Waals surface area contributed by atoms with Crippen LogP contribution in [0.5, 0.6) is 0 Å². The summed E-state index contributed by atoms with van der Waals surface area (Å²) in [6, 6.07) is 3.78. The van der Waals surface area contributed by atoms with Gasteiger partial charge in [-0.2, -0.15) is 0 Å². The second-order valence-corrected chi connectivity index (χ2v) is 5.64. The van der Waals surface area contributed by atoms with Crippen molar-refractivity contribution in [3.05, 3.63) is 34.1 Å². The number of nitro benzene ring substituents is 1. The number of nitro groups is 1. The van der Waals surface area contributed by atoms with E-state index in [0.717, 1.165) is 24.4 Å². The van der Waals surface area contributed by atoms with E-state index in [1.807, 2.05) is 0 Å². The van der Waals surface area contributed by atoms with Crippen molar-refractivity contribution in [1.82, 2.24) is 0 Å². The van der Waals surface area contributed by atoms with Gasteiger partial charge in [-0.05, 0) is 49.5 Å². The van der Waals surface area contributed by atoms with Gasteiger partial charge in [0.05, 0.1) is 16.7 Å². The molecule has 0 aliphatic heterocycles. The van der Waals surface area contributed by atoms with Crippen LogP contribution in [0.4, 0.5) is 15.8 Å². The fraction of sp³-hybridized carbons (Fsp3) is 0.571. The van der Waals surface area contributed by atoms with Crippen LogP contribution in [-0.4, -0.2) is 11.5 Å². The summed E-state index contributed by atoms with van der Waals surface area (Å²) in [5.74, 6) is 1.72. The molecule has 0 unspecified atom stereocenters. The lowest BCUT2D eigenvalue weighted by atomic mass is 9.98. The Kier molecular flexibility index (Phi) is 3.12. The van der Waals surface area contributed by atoms with Gasteiger partial charge in [0.1, 0.15) is 0 Å². The zero-order valence-corrected chi connectivity index (χ0v) is 10.6. The molecule has 2 fully saturated rings. The van der Waals surface area contributed by atoms with Gasteiger partial charge >= 0.3 is 0 Å². The lowest BCUT2D eigenvalue weighted by Gasteiger charge is -2.17. The first-order chi connectivity index (χ1) is 9.15. The Morgan fingerprint density at radius 1 is 1.32 bits per heavy atom. The molecular formula is C14H17FN2O2. The van der Waals surface area contributed by atoms with Crippen LogP contribution in [0.15, 0.2) is 18.2 Å². The Hall–Kier alpha value is -1.65. The normalized spacial score (nSPS) is 18.6. The van der Waals surface area contributed by atoms with Crippen LogP contribution in [0, 0.1) is 33.7 Å². The molecule has 2 aliphatic carbocycles. The van der Waals surface area contributed by atoms with Crippen molar-refractivity contribution in [2.45, 2.75) is 25.7 Å². The molecule has 0 radical (unpaired) electrons. The Balaban J connectivity index is 1.64. The van der Waals surface area contributed by atoms with Gasteiger partial charge < -0.3 is 5.32 Å². The summed E-state index contributed by atoms with van der Waals surface area (Å²) in [4.78, 5) is 9.96. The molecule has 2 aliphatic rings.